The van der Waals surface area contributed by atoms with Crippen molar-refractivity contribution in [2.75, 3.05) is 5.32 Å². The van der Waals surface area contributed by atoms with Gasteiger partial charge >= 0.3 is 0 Å². The summed E-state index contributed by atoms with van der Waals surface area (Å²) in [5, 5.41) is 17.2. The normalized spacial score (nSPS) is 10.9. The molecule has 2 N–H and O–H groups in total. The maximum Gasteiger partial charge on any atom is 0.269 e. The summed E-state index contributed by atoms with van der Waals surface area (Å²) in [6, 6.07) is 8.69. The molecule has 0 bridgehead atoms. The predicted octanol–water partition coefficient (Wildman–Crippen LogP) is 3.30. The van der Waals surface area contributed by atoms with Crippen molar-refractivity contribution in [1.29, 1.82) is 0 Å². The Bertz CT molecular complexity index is 1030. The number of anilines is 1. The molecule has 1 amide bonds. The van der Waals surface area contributed by atoms with Gasteiger partial charge in [-0.05, 0) is 47.8 Å². The van der Waals surface area contributed by atoms with Crippen molar-refractivity contribution in [3.8, 4) is 11.3 Å². The number of carbonyl (C=O) groups excluding carboxylic acids is 1. The van der Waals surface area contributed by atoms with Crippen molar-refractivity contribution in [1.82, 2.24) is 25.5 Å². The lowest BCUT2D eigenvalue weighted by atomic mass is 10.2. The molecule has 2 aromatic heterocycles. The van der Waals surface area contributed by atoms with Gasteiger partial charge in [0.25, 0.3) is 5.95 Å². The zero-order chi connectivity index (χ0) is 19.4. The van der Waals surface area contributed by atoms with Crippen LogP contribution in [0.25, 0.3) is 17.4 Å². The number of aromatic nitrogens is 4. The average molecular weight is 423 g/mol. The second-order valence-corrected chi connectivity index (χ2v) is 6.38. The van der Waals surface area contributed by atoms with E-state index in [-0.39, 0.29) is 11.1 Å². The van der Waals surface area contributed by atoms with Crippen LogP contribution in [0.2, 0.25) is 10.0 Å². The van der Waals surface area contributed by atoms with Crippen LogP contribution in [0.5, 0.6) is 0 Å². The first-order valence-corrected chi connectivity index (χ1v) is 8.67. The summed E-state index contributed by atoms with van der Waals surface area (Å²) >= 11 is 17.2. The summed E-state index contributed by atoms with van der Waals surface area (Å²) < 4.78 is 5.67. The fraction of sp³-hybridized carbons (Fsp3) is 0.0625. The average Bonchev–Trinajstić information content (AvgIpc) is 3.24. The molecule has 0 saturated heterocycles. The molecule has 138 valence electrons. The summed E-state index contributed by atoms with van der Waals surface area (Å²) in [5.74, 6) is 0.732. The molecule has 0 saturated carbocycles. The van der Waals surface area contributed by atoms with Crippen LogP contribution in [0.3, 0.4) is 0 Å². The van der Waals surface area contributed by atoms with Gasteiger partial charge in [-0.1, -0.05) is 34.4 Å². The van der Waals surface area contributed by atoms with Crippen molar-refractivity contribution in [3.05, 3.63) is 52.2 Å². The van der Waals surface area contributed by atoms with E-state index in [9.17, 15) is 4.79 Å². The minimum Gasteiger partial charge on any atom is -0.457 e. The van der Waals surface area contributed by atoms with E-state index in [0.717, 1.165) is 0 Å². The molecular weight excluding hydrogens is 411 g/mol. The second-order valence-electron chi connectivity index (χ2n) is 5.18. The van der Waals surface area contributed by atoms with E-state index < -0.39 is 5.91 Å². The van der Waals surface area contributed by atoms with Gasteiger partial charge in [-0.2, -0.15) is 4.80 Å². The van der Waals surface area contributed by atoms with E-state index in [1.807, 2.05) is 0 Å². The topological polar surface area (TPSA) is 97.9 Å². The molecule has 0 fully saturated rings. The number of nitrogens with zero attached hydrogens (tertiary/aromatic N) is 4. The van der Waals surface area contributed by atoms with Crippen LogP contribution in [-0.4, -0.2) is 31.2 Å². The number of halogens is 2. The second kappa shape index (κ2) is 8.30. The minimum atomic E-state index is -0.449. The SMILES string of the molecule is Cn1nnc(NC(=S)NC(=O)C=Cc2ccc(-c3cccc(Cl)c3Cl)o2)n1. The van der Waals surface area contributed by atoms with Crippen molar-refractivity contribution in [2.24, 2.45) is 7.05 Å². The molecule has 27 heavy (non-hydrogen) atoms. The van der Waals surface area contributed by atoms with Crippen LogP contribution < -0.4 is 10.6 Å². The highest BCUT2D eigenvalue weighted by molar-refractivity contribution is 7.80. The first-order valence-electron chi connectivity index (χ1n) is 7.50. The number of amides is 1. The quantitative estimate of drug-likeness (QED) is 0.491. The fourth-order valence-corrected chi connectivity index (χ4v) is 2.65. The van der Waals surface area contributed by atoms with Gasteiger partial charge in [-0.3, -0.25) is 15.4 Å². The highest BCUT2D eigenvalue weighted by Gasteiger charge is 2.10. The molecule has 0 radical (unpaired) electrons. The van der Waals surface area contributed by atoms with E-state index >= 15 is 0 Å². The Balaban J connectivity index is 1.61. The number of furan rings is 1. The first kappa shape index (κ1) is 19.0. The number of tetrazole rings is 1. The summed E-state index contributed by atoms with van der Waals surface area (Å²) in [6.45, 7) is 0. The lowest BCUT2D eigenvalue weighted by molar-refractivity contribution is -0.115. The fourth-order valence-electron chi connectivity index (χ4n) is 2.06. The third-order valence-electron chi connectivity index (χ3n) is 3.21. The Morgan fingerprint density at radius 2 is 2.11 bits per heavy atom. The van der Waals surface area contributed by atoms with E-state index in [1.54, 1.807) is 37.4 Å². The highest BCUT2D eigenvalue weighted by atomic mass is 35.5. The maximum absolute atomic E-state index is 11.9. The monoisotopic (exact) mass is 422 g/mol. The van der Waals surface area contributed by atoms with Gasteiger partial charge < -0.3 is 4.42 Å². The lowest BCUT2D eigenvalue weighted by Crippen LogP contribution is -2.33. The van der Waals surface area contributed by atoms with Gasteiger partial charge in [-0.25, -0.2) is 0 Å². The Hall–Kier alpha value is -2.75. The van der Waals surface area contributed by atoms with Crippen LogP contribution in [-0.2, 0) is 11.8 Å². The van der Waals surface area contributed by atoms with Gasteiger partial charge in [0.15, 0.2) is 5.11 Å². The molecule has 3 rings (SSSR count). The van der Waals surface area contributed by atoms with Gasteiger partial charge in [0.05, 0.1) is 17.1 Å². The molecule has 0 aliphatic carbocycles. The van der Waals surface area contributed by atoms with Crippen molar-refractivity contribution in [2.45, 2.75) is 0 Å². The summed E-state index contributed by atoms with van der Waals surface area (Å²) in [5.41, 5.74) is 0.662. The number of carbonyl (C=O) groups is 1. The molecule has 3 aromatic rings. The summed E-state index contributed by atoms with van der Waals surface area (Å²) in [6.07, 6.45) is 2.78. The number of aryl methyl sites for hydroxylation is 1. The Kier molecular flexibility index (Phi) is 5.84. The Labute approximate surface area is 169 Å². The highest BCUT2D eigenvalue weighted by Crippen LogP contribution is 2.34. The summed E-state index contributed by atoms with van der Waals surface area (Å²) in [4.78, 5) is 13.2. The van der Waals surface area contributed by atoms with Crippen molar-refractivity contribution >= 4 is 58.5 Å². The van der Waals surface area contributed by atoms with E-state index in [4.69, 9.17) is 39.8 Å². The van der Waals surface area contributed by atoms with Crippen molar-refractivity contribution < 1.29 is 9.21 Å². The summed E-state index contributed by atoms with van der Waals surface area (Å²) in [7, 11) is 1.61. The third-order valence-corrected chi connectivity index (χ3v) is 4.24. The standard InChI is InChI=1S/C16H12Cl2N6O2S/c1-24-22-15(21-23-24)20-16(27)19-13(25)8-6-9-5-7-12(26-9)10-3-2-4-11(17)14(10)18/h2-8H,1H3,(H2,19,20,22,25,27). The molecular formula is C16H12Cl2N6O2S. The number of thiocarbonyl (C=S) groups is 1. The Morgan fingerprint density at radius 1 is 1.30 bits per heavy atom. The van der Waals surface area contributed by atoms with Gasteiger partial charge in [-0.15, -0.1) is 5.10 Å². The predicted molar refractivity (Wildman–Crippen MR) is 106 cm³/mol. The van der Waals surface area contributed by atoms with Crippen LogP contribution in [0.15, 0.2) is 40.8 Å². The lowest BCUT2D eigenvalue weighted by Gasteiger charge is -2.03. The molecule has 11 heteroatoms. The van der Waals surface area contributed by atoms with Crippen LogP contribution in [0.1, 0.15) is 5.76 Å². The zero-order valence-corrected chi connectivity index (χ0v) is 16.1. The van der Waals surface area contributed by atoms with Crippen molar-refractivity contribution in [3.63, 3.8) is 0 Å². The molecule has 0 atom stereocenters. The molecule has 0 spiro atoms. The minimum absolute atomic E-state index is 0.0449. The number of benzene rings is 1. The zero-order valence-electron chi connectivity index (χ0n) is 13.8. The maximum atomic E-state index is 11.9. The third kappa shape index (κ3) is 4.91. The number of nitrogens with one attached hydrogen (secondary N) is 2. The van der Waals surface area contributed by atoms with E-state index in [0.29, 0.717) is 27.1 Å². The number of hydrogen-bond donors (Lipinski definition) is 2. The molecule has 2 heterocycles. The van der Waals surface area contributed by atoms with E-state index in [2.05, 4.69) is 26.0 Å². The Morgan fingerprint density at radius 3 is 2.85 bits per heavy atom. The molecule has 0 aliphatic rings. The van der Waals surface area contributed by atoms with Crippen LogP contribution >= 0.6 is 35.4 Å². The smallest absolute Gasteiger partial charge is 0.269 e. The molecule has 1 aromatic carbocycles. The van der Waals surface area contributed by atoms with Gasteiger partial charge in [0, 0.05) is 11.6 Å². The van der Waals surface area contributed by atoms with E-state index in [1.165, 1.54) is 16.9 Å². The number of hydrogen-bond acceptors (Lipinski definition) is 6. The van der Waals surface area contributed by atoms with Crippen LogP contribution in [0, 0.1) is 0 Å². The number of rotatable bonds is 4. The van der Waals surface area contributed by atoms with Gasteiger partial charge in [0.1, 0.15) is 11.5 Å². The molecule has 0 aliphatic heterocycles. The molecule has 0 unspecified atom stereocenters. The first-order chi connectivity index (χ1) is 12.9. The largest absolute Gasteiger partial charge is 0.457 e. The molecule has 8 nitrogen and oxygen atoms in total. The van der Waals surface area contributed by atoms with Crippen LogP contribution in [0.4, 0.5) is 5.95 Å². The van der Waals surface area contributed by atoms with Gasteiger partial charge in [0.2, 0.25) is 5.91 Å².